The molecule has 0 N–H and O–H groups in total. The molecule has 0 radical (unpaired) electrons. The van der Waals surface area contributed by atoms with Gasteiger partial charge in [0.25, 0.3) is 0 Å². The van der Waals surface area contributed by atoms with Crippen LogP contribution in [-0.2, 0) is 9.47 Å². The molecule has 0 unspecified atom stereocenters. The van der Waals surface area contributed by atoms with Crippen LogP contribution in [0.5, 0.6) is 0 Å². The molecule has 1 saturated heterocycles. The third-order valence-electron chi connectivity index (χ3n) is 1.90. The molecule has 1 fully saturated rings. The van der Waals surface area contributed by atoms with Gasteiger partial charge in [0.05, 0.1) is 17.7 Å². The van der Waals surface area contributed by atoms with E-state index in [1.807, 2.05) is 0 Å². The minimum Gasteiger partial charge on any atom is -0.346 e. The van der Waals surface area contributed by atoms with Crippen molar-refractivity contribution in [3.8, 4) is 0 Å². The molecular weight excluding hydrogens is 258 g/mol. The highest BCUT2D eigenvalue weighted by molar-refractivity contribution is 9.10. The van der Waals surface area contributed by atoms with Gasteiger partial charge in [-0.25, -0.2) is 8.78 Å². The summed E-state index contributed by atoms with van der Waals surface area (Å²) in [6, 6.07) is 2.01. The topological polar surface area (TPSA) is 18.5 Å². The van der Waals surface area contributed by atoms with Gasteiger partial charge in [0.2, 0.25) is 0 Å². The molecule has 2 nitrogen and oxygen atoms in total. The summed E-state index contributed by atoms with van der Waals surface area (Å²) in [5.41, 5.74) is 0.347. The number of benzene rings is 1. The van der Waals surface area contributed by atoms with Crippen molar-refractivity contribution in [3.05, 3.63) is 33.8 Å². The maximum atomic E-state index is 13.1. The number of rotatable bonds is 1. The summed E-state index contributed by atoms with van der Waals surface area (Å²) in [6.45, 7) is 0.879. The summed E-state index contributed by atoms with van der Waals surface area (Å²) in [5, 5.41) is 0. The fourth-order valence-corrected chi connectivity index (χ4v) is 1.70. The van der Waals surface area contributed by atoms with E-state index in [1.54, 1.807) is 0 Å². The van der Waals surface area contributed by atoms with Crippen molar-refractivity contribution in [2.75, 3.05) is 13.2 Å². The fourth-order valence-electron chi connectivity index (χ4n) is 1.29. The quantitative estimate of drug-likeness (QED) is 0.727. The van der Waals surface area contributed by atoms with E-state index in [2.05, 4.69) is 15.9 Å². The van der Waals surface area contributed by atoms with E-state index in [1.165, 1.54) is 6.07 Å². The van der Waals surface area contributed by atoms with Gasteiger partial charge in [-0.2, -0.15) is 0 Å². The van der Waals surface area contributed by atoms with E-state index < -0.39 is 17.9 Å². The Morgan fingerprint density at radius 1 is 1.21 bits per heavy atom. The Kier molecular flexibility index (Phi) is 2.80. The lowest BCUT2D eigenvalue weighted by Crippen LogP contribution is -2.01. The molecule has 1 aliphatic heterocycles. The Balaban J connectivity index is 2.40. The van der Waals surface area contributed by atoms with Crippen LogP contribution in [0.1, 0.15) is 11.9 Å². The van der Waals surface area contributed by atoms with Gasteiger partial charge in [-0.15, -0.1) is 0 Å². The van der Waals surface area contributed by atoms with Crippen LogP contribution in [-0.4, -0.2) is 13.2 Å². The van der Waals surface area contributed by atoms with Gasteiger partial charge in [0.1, 0.15) is 11.6 Å². The zero-order valence-electron chi connectivity index (χ0n) is 7.10. The molecule has 76 valence electrons. The predicted octanol–water partition coefficient (Wildman–Crippen LogP) is 2.77. The zero-order valence-corrected chi connectivity index (χ0v) is 8.68. The van der Waals surface area contributed by atoms with Gasteiger partial charge in [-0.1, -0.05) is 0 Å². The first kappa shape index (κ1) is 10.0. The largest absolute Gasteiger partial charge is 0.346 e. The van der Waals surface area contributed by atoms with E-state index in [4.69, 9.17) is 9.47 Å². The summed E-state index contributed by atoms with van der Waals surface area (Å²) in [5.74, 6) is -1.29. The van der Waals surface area contributed by atoms with Crippen LogP contribution in [0.15, 0.2) is 16.6 Å². The van der Waals surface area contributed by atoms with Crippen LogP contribution in [0.3, 0.4) is 0 Å². The van der Waals surface area contributed by atoms with Crippen molar-refractivity contribution >= 4 is 15.9 Å². The van der Waals surface area contributed by atoms with Crippen LogP contribution >= 0.6 is 15.9 Å². The van der Waals surface area contributed by atoms with Gasteiger partial charge in [-0.3, -0.25) is 0 Å². The number of hydrogen-bond acceptors (Lipinski definition) is 2. The maximum Gasteiger partial charge on any atom is 0.185 e. The highest BCUT2D eigenvalue weighted by Gasteiger charge is 2.23. The van der Waals surface area contributed by atoms with Crippen molar-refractivity contribution in [1.82, 2.24) is 0 Å². The number of hydrogen-bond donors (Lipinski definition) is 0. The molecular formula is C9H7BrF2O2. The molecule has 0 bridgehead atoms. The molecule has 2 rings (SSSR count). The first-order valence-corrected chi connectivity index (χ1v) is 4.85. The maximum absolute atomic E-state index is 13.1. The Labute approximate surface area is 87.9 Å². The molecule has 1 aromatic carbocycles. The summed E-state index contributed by atoms with van der Waals surface area (Å²) < 4.78 is 36.5. The van der Waals surface area contributed by atoms with E-state index in [0.717, 1.165) is 6.07 Å². The van der Waals surface area contributed by atoms with E-state index in [-0.39, 0.29) is 4.47 Å². The van der Waals surface area contributed by atoms with Crippen molar-refractivity contribution in [1.29, 1.82) is 0 Å². The standard InChI is InChI=1S/C9H7BrF2O2/c10-8-6(9-13-1-2-14-9)3-5(11)4-7(8)12/h3-4,9H,1-2H2. The van der Waals surface area contributed by atoms with Gasteiger partial charge >= 0.3 is 0 Å². The summed E-state index contributed by atoms with van der Waals surface area (Å²) in [4.78, 5) is 0. The Morgan fingerprint density at radius 3 is 2.50 bits per heavy atom. The lowest BCUT2D eigenvalue weighted by Gasteiger charge is -2.11. The van der Waals surface area contributed by atoms with Crippen LogP contribution in [0.25, 0.3) is 0 Å². The lowest BCUT2D eigenvalue weighted by molar-refractivity contribution is -0.0450. The van der Waals surface area contributed by atoms with Crippen LogP contribution in [0.2, 0.25) is 0 Å². The molecule has 5 heteroatoms. The molecule has 1 heterocycles. The van der Waals surface area contributed by atoms with E-state index in [0.29, 0.717) is 18.8 Å². The molecule has 0 atom stereocenters. The SMILES string of the molecule is Fc1cc(F)c(Br)c(C2OCCO2)c1. The second-order valence-corrected chi connectivity index (χ2v) is 3.66. The average molecular weight is 265 g/mol. The Hall–Kier alpha value is -0.520. The van der Waals surface area contributed by atoms with Crippen molar-refractivity contribution in [2.24, 2.45) is 0 Å². The van der Waals surface area contributed by atoms with Crippen molar-refractivity contribution in [3.63, 3.8) is 0 Å². The highest BCUT2D eigenvalue weighted by Crippen LogP contribution is 2.32. The molecule has 14 heavy (non-hydrogen) atoms. The van der Waals surface area contributed by atoms with E-state index >= 15 is 0 Å². The van der Waals surface area contributed by atoms with Crippen molar-refractivity contribution < 1.29 is 18.3 Å². The smallest absolute Gasteiger partial charge is 0.185 e. The number of halogens is 3. The van der Waals surface area contributed by atoms with Gasteiger partial charge in [0.15, 0.2) is 6.29 Å². The van der Waals surface area contributed by atoms with Gasteiger partial charge in [-0.05, 0) is 22.0 Å². The third-order valence-corrected chi connectivity index (χ3v) is 2.73. The second kappa shape index (κ2) is 3.92. The third kappa shape index (κ3) is 1.80. The molecule has 0 aliphatic carbocycles. The monoisotopic (exact) mass is 264 g/mol. The fraction of sp³-hybridized carbons (Fsp3) is 0.333. The molecule has 0 saturated carbocycles. The molecule has 1 aromatic rings. The van der Waals surface area contributed by atoms with Crippen LogP contribution in [0, 0.1) is 11.6 Å². The lowest BCUT2D eigenvalue weighted by atomic mass is 10.2. The summed E-state index contributed by atoms with van der Waals surface area (Å²) in [6.07, 6.45) is -0.672. The molecule has 0 amide bonds. The normalized spacial score (nSPS) is 17.6. The van der Waals surface area contributed by atoms with Crippen molar-refractivity contribution in [2.45, 2.75) is 6.29 Å². The van der Waals surface area contributed by atoms with Gasteiger partial charge in [0, 0.05) is 11.6 Å². The van der Waals surface area contributed by atoms with E-state index in [9.17, 15) is 8.78 Å². The Bertz CT molecular complexity index is 351. The van der Waals surface area contributed by atoms with Crippen LogP contribution < -0.4 is 0 Å². The first-order valence-electron chi connectivity index (χ1n) is 4.06. The highest BCUT2D eigenvalue weighted by atomic mass is 79.9. The molecule has 1 aliphatic rings. The molecule has 0 aromatic heterocycles. The minimum absolute atomic E-state index is 0.186. The number of ether oxygens (including phenoxy) is 2. The van der Waals surface area contributed by atoms with Crippen LogP contribution in [0.4, 0.5) is 8.78 Å². The predicted molar refractivity (Wildman–Crippen MR) is 48.7 cm³/mol. The molecule has 0 spiro atoms. The van der Waals surface area contributed by atoms with Gasteiger partial charge < -0.3 is 9.47 Å². The first-order chi connectivity index (χ1) is 6.68. The summed E-state index contributed by atoms with van der Waals surface area (Å²) in [7, 11) is 0. The minimum atomic E-state index is -0.672. The zero-order chi connectivity index (χ0) is 10.1. The Morgan fingerprint density at radius 2 is 1.86 bits per heavy atom. The average Bonchev–Trinajstić information content (AvgIpc) is 2.63. The summed E-state index contributed by atoms with van der Waals surface area (Å²) >= 11 is 3.02. The second-order valence-electron chi connectivity index (χ2n) is 2.86.